The minimum atomic E-state index is -0.492. The minimum Gasteiger partial charge on any atom is -0.493 e. The van der Waals surface area contributed by atoms with E-state index in [1.165, 1.54) is 0 Å². The molecule has 29 heavy (non-hydrogen) atoms. The van der Waals surface area contributed by atoms with E-state index in [9.17, 15) is 4.79 Å². The summed E-state index contributed by atoms with van der Waals surface area (Å²) in [5.74, 6) is 2.29. The van der Waals surface area contributed by atoms with Gasteiger partial charge in [0.2, 0.25) is 11.1 Å². The van der Waals surface area contributed by atoms with Gasteiger partial charge < -0.3 is 19.5 Å². The number of aromatic nitrogens is 3. The van der Waals surface area contributed by atoms with Crippen LogP contribution in [0.5, 0.6) is 11.5 Å². The SMILES string of the molecule is CCOC(=O)C1=C(C)Nc2nc(SCC)nn2C1c1ccc(OCC)c(OC)c1. The van der Waals surface area contributed by atoms with E-state index in [0.29, 0.717) is 40.5 Å². The first-order valence-corrected chi connectivity index (χ1v) is 10.6. The zero-order valence-electron chi connectivity index (χ0n) is 17.3. The predicted molar refractivity (Wildman–Crippen MR) is 112 cm³/mol. The lowest BCUT2D eigenvalue weighted by Crippen LogP contribution is -2.29. The Morgan fingerprint density at radius 2 is 2.03 bits per heavy atom. The number of anilines is 1. The second kappa shape index (κ2) is 9.21. The first-order chi connectivity index (χ1) is 14.0. The highest BCUT2D eigenvalue weighted by molar-refractivity contribution is 7.99. The molecule has 1 aliphatic rings. The summed E-state index contributed by atoms with van der Waals surface area (Å²) in [6, 6.07) is 5.13. The summed E-state index contributed by atoms with van der Waals surface area (Å²) in [5.41, 5.74) is 2.01. The summed E-state index contributed by atoms with van der Waals surface area (Å²) in [5, 5.41) is 8.47. The quantitative estimate of drug-likeness (QED) is 0.513. The molecule has 1 N–H and O–H groups in total. The van der Waals surface area contributed by atoms with Gasteiger partial charge in [-0.05, 0) is 44.2 Å². The summed E-state index contributed by atoms with van der Waals surface area (Å²) in [4.78, 5) is 17.4. The Kier molecular flexibility index (Phi) is 6.68. The molecule has 1 aromatic carbocycles. The van der Waals surface area contributed by atoms with Crippen LogP contribution in [-0.4, -0.2) is 46.8 Å². The van der Waals surface area contributed by atoms with E-state index < -0.39 is 6.04 Å². The lowest BCUT2D eigenvalue weighted by atomic mass is 9.95. The Hall–Kier alpha value is -2.68. The van der Waals surface area contributed by atoms with E-state index >= 15 is 0 Å². The zero-order chi connectivity index (χ0) is 21.0. The van der Waals surface area contributed by atoms with Gasteiger partial charge in [-0.25, -0.2) is 9.48 Å². The van der Waals surface area contributed by atoms with Crippen molar-refractivity contribution >= 4 is 23.7 Å². The highest BCUT2D eigenvalue weighted by Gasteiger charge is 2.35. The van der Waals surface area contributed by atoms with Crippen LogP contribution in [0.1, 0.15) is 39.3 Å². The number of nitrogens with zero attached hydrogens (tertiary/aromatic N) is 3. The monoisotopic (exact) mass is 418 g/mol. The maximum Gasteiger partial charge on any atom is 0.338 e. The Labute approximate surface area is 174 Å². The van der Waals surface area contributed by atoms with Crippen LogP contribution in [0.3, 0.4) is 0 Å². The molecule has 0 amide bonds. The summed E-state index contributed by atoms with van der Waals surface area (Å²) in [6.07, 6.45) is 0. The molecular weight excluding hydrogens is 392 g/mol. The molecule has 2 aromatic rings. The summed E-state index contributed by atoms with van der Waals surface area (Å²) in [7, 11) is 1.59. The third-order valence-electron chi connectivity index (χ3n) is 4.41. The van der Waals surface area contributed by atoms with Gasteiger partial charge in [0.1, 0.15) is 6.04 Å². The van der Waals surface area contributed by atoms with Crippen LogP contribution < -0.4 is 14.8 Å². The van der Waals surface area contributed by atoms with Crippen molar-refractivity contribution in [2.24, 2.45) is 0 Å². The number of hydrogen-bond donors (Lipinski definition) is 1. The standard InChI is InChI=1S/C20H26N4O4S/c1-6-27-14-10-9-13(11-15(14)26-5)17-16(18(25)28-7-2)12(4)21-19-22-20(29-8-3)23-24(17)19/h9-11,17H,6-8H2,1-5H3,(H,21,22,23). The fourth-order valence-corrected chi connectivity index (χ4v) is 3.79. The second-order valence-electron chi connectivity index (χ2n) is 6.23. The number of esters is 1. The maximum atomic E-state index is 12.8. The van der Waals surface area contributed by atoms with Crippen LogP contribution in [0.2, 0.25) is 0 Å². The Bertz CT molecular complexity index is 925. The average molecular weight is 419 g/mol. The van der Waals surface area contributed by atoms with Gasteiger partial charge in [0.15, 0.2) is 11.5 Å². The summed E-state index contributed by atoms with van der Waals surface area (Å²) < 4.78 is 18.2. The van der Waals surface area contributed by atoms with Gasteiger partial charge >= 0.3 is 5.97 Å². The van der Waals surface area contributed by atoms with E-state index in [4.69, 9.17) is 14.2 Å². The van der Waals surface area contributed by atoms with E-state index in [-0.39, 0.29) is 12.6 Å². The van der Waals surface area contributed by atoms with Crippen molar-refractivity contribution in [1.82, 2.24) is 14.8 Å². The van der Waals surface area contributed by atoms with Gasteiger partial charge in [0.25, 0.3) is 0 Å². The Morgan fingerprint density at radius 3 is 2.69 bits per heavy atom. The lowest BCUT2D eigenvalue weighted by molar-refractivity contribution is -0.139. The zero-order valence-corrected chi connectivity index (χ0v) is 18.1. The number of allylic oxidation sites excluding steroid dienone is 1. The van der Waals surface area contributed by atoms with Gasteiger partial charge in [-0.15, -0.1) is 5.10 Å². The van der Waals surface area contributed by atoms with Crippen molar-refractivity contribution in [3.63, 3.8) is 0 Å². The van der Waals surface area contributed by atoms with Gasteiger partial charge in [-0.1, -0.05) is 24.8 Å². The van der Waals surface area contributed by atoms with Crippen molar-refractivity contribution in [2.75, 3.05) is 31.4 Å². The summed E-state index contributed by atoms with van der Waals surface area (Å²) in [6.45, 7) is 8.41. The number of hydrogen-bond acceptors (Lipinski definition) is 8. The van der Waals surface area contributed by atoms with Crippen molar-refractivity contribution in [3.05, 3.63) is 35.0 Å². The fraction of sp³-hybridized carbons (Fsp3) is 0.450. The van der Waals surface area contributed by atoms with Crippen molar-refractivity contribution in [1.29, 1.82) is 0 Å². The van der Waals surface area contributed by atoms with Crippen LogP contribution in [0.4, 0.5) is 5.95 Å². The molecule has 1 unspecified atom stereocenters. The number of ether oxygens (including phenoxy) is 3. The number of benzene rings is 1. The van der Waals surface area contributed by atoms with Crippen LogP contribution >= 0.6 is 11.8 Å². The molecule has 9 heteroatoms. The molecule has 0 radical (unpaired) electrons. The van der Waals surface area contributed by atoms with Gasteiger partial charge in [0, 0.05) is 5.70 Å². The number of nitrogens with one attached hydrogen (secondary N) is 1. The van der Waals surface area contributed by atoms with E-state index in [1.807, 2.05) is 39.0 Å². The van der Waals surface area contributed by atoms with E-state index in [1.54, 1.807) is 30.5 Å². The molecular formula is C20H26N4O4S. The molecule has 1 atom stereocenters. The number of carbonyl (C=O) groups is 1. The third-order valence-corrected chi connectivity index (χ3v) is 5.13. The molecule has 0 spiro atoms. The van der Waals surface area contributed by atoms with Gasteiger partial charge in [0.05, 0.1) is 25.9 Å². The topological polar surface area (TPSA) is 87.5 Å². The molecule has 0 saturated carbocycles. The van der Waals surface area contributed by atoms with Crippen molar-refractivity contribution in [3.8, 4) is 11.5 Å². The van der Waals surface area contributed by atoms with Crippen molar-refractivity contribution < 1.29 is 19.0 Å². The number of carbonyl (C=O) groups excluding carboxylic acids is 1. The number of fused-ring (bicyclic) bond motifs is 1. The lowest BCUT2D eigenvalue weighted by Gasteiger charge is -2.28. The second-order valence-corrected chi connectivity index (χ2v) is 7.46. The minimum absolute atomic E-state index is 0.288. The molecule has 2 heterocycles. The molecule has 8 nitrogen and oxygen atoms in total. The Balaban J connectivity index is 2.14. The largest absolute Gasteiger partial charge is 0.493 e. The number of methoxy groups -OCH3 is 1. The van der Waals surface area contributed by atoms with E-state index in [2.05, 4.69) is 15.4 Å². The molecule has 156 valence electrons. The van der Waals surface area contributed by atoms with Crippen LogP contribution in [0, 0.1) is 0 Å². The predicted octanol–water partition coefficient (Wildman–Crippen LogP) is 3.65. The highest BCUT2D eigenvalue weighted by Crippen LogP contribution is 2.39. The smallest absolute Gasteiger partial charge is 0.338 e. The molecule has 1 aliphatic heterocycles. The summed E-state index contributed by atoms with van der Waals surface area (Å²) >= 11 is 1.54. The number of thioether (sulfide) groups is 1. The van der Waals surface area contributed by atoms with Crippen LogP contribution in [0.15, 0.2) is 34.6 Å². The van der Waals surface area contributed by atoms with E-state index in [0.717, 1.165) is 11.3 Å². The fourth-order valence-electron chi connectivity index (χ4n) is 3.23. The van der Waals surface area contributed by atoms with Gasteiger partial charge in [-0.3, -0.25) is 0 Å². The number of rotatable bonds is 8. The van der Waals surface area contributed by atoms with Crippen LogP contribution in [0.25, 0.3) is 0 Å². The van der Waals surface area contributed by atoms with Gasteiger partial charge in [-0.2, -0.15) is 4.98 Å². The molecule has 0 aliphatic carbocycles. The molecule has 0 bridgehead atoms. The highest BCUT2D eigenvalue weighted by atomic mass is 32.2. The normalized spacial score (nSPS) is 15.6. The first-order valence-electron chi connectivity index (χ1n) is 9.58. The first kappa shape index (κ1) is 21.0. The van der Waals surface area contributed by atoms with Crippen LogP contribution in [-0.2, 0) is 9.53 Å². The molecule has 1 aromatic heterocycles. The Morgan fingerprint density at radius 1 is 1.24 bits per heavy atom. The maximum absolute atomic E-state index is 12.8. The molecule has 3 rings (SSSR count). The molecule has 0 saturated heterocycles. The molecule has 0 fully saturated rings. The third kappa shape index (κ3) is 4.19. The van der Waals surface area contributed by atoms with Crippen molar-refractivity contribution in [2.45, 2.75) is 38.9 Å². The average Bonchev–Trinajstić information content (AvgIpc) is 3.09.